The Morgan fingerprint density at radius 1 is 1.05 bits per heavy atom. The Hall–Kier alpha value is -0.810. The lowest BCUT2D eigenvalue weighted by atomic mass is 10.00. The molecule has 2 aliphatic rings. The fraction of sp³-hybridized carbons (Fsp3) is 0.533. The third-order valence-electron chi connectivity index (χ3n) is 4.05. The molecule has 2 heterocycles. The summed E-state index contributed by atoms with van der Waals surface area (Å²) in [5.74, 6) is 0.274. The van der Waals surface area contributed by atoms with Crippen LogP contribution < -0.4 is 5.32 Å². The number of carbonyl (C=O) groups is 1. The lowest BCUT2D eigenvalue weighted by molar-refractivity contribution is -0.133. The van der Waals surface area contributed by atoms with Gasteiger partial charge in [-0.1, -0.05) is 24.3 Å². The molecule has 21 heavy (non-hydrogen) atoms. The first-order valence-corrected chi connectivity index (χ1v) is 7.10. The van der Waals surface area contributed by atoms with E-state index in [1.165, 1.54) is 11.1 Å². The number of carbonyl (C=O) groups excluding carboxylic acids is 1. The van der Waals surface area contributed by atoms with E-state index in [0.29, 0.717) is 6.54 Å². The fourth-order valence-electron chi connectivity index (χ4n) is 2.87. The molecule has 4 nitrogen and oxygen atoms in total. The minimum Gasteiger partial charge on any atom is -0.337 e. The molecule has 0 saturated carbocycles. The van der Waals surface area contributed by atoms with Gasteiger partial charge in [0.2, 0.25) is 5.91 Å². The maximum atomic E-state index is 12.3. The van der Waals surface area contributed by atoms with Gasteiger partial charge in [0, 0.05) is 39.3 Å². The van der Waals surface area contributed by atoms with Crippen LogP contribution in [0, 0.1) is 0 Å². The van der Waals surface area contributed by atoms with Crippen molar-refractivity contribution in [3.8, 4) is 0 Å². The van der Waals surface area contributed by atoms with Gasteiger partial charge in [-0.2, -0.15) is 0 Å². The van der Waals surface area contributed by atoms with E-state index >= 15 is 0 Å². The maximum absolute atomic E-state index is 12.3. The average molecular weight is 332 g/mol. The maximum Gasteiger partial charge on any atom is 0.237 e. The summed E-state index contributed by atoms with van der Waals surface area (Å²) in [6, 6.07) is 8.45. The Morgan fingerprint density at radius 3 is 2.43 bits per heavy atom. The molecule has 1 aromatic rings. The van der Waals surface area contributed by atoms with Crippen molar-refractivity contribution in [2.24, 2.45) is 0 Å². The molecule has 3 rings (SSSR count). The van der Waals surface area contributed by atoms with Gasteiger partial charge >= 0.3 is 0 Å². The summed E-state index contributed by atoms with van der Waals surface area (Å²) in [5.41, 5.74) is 2.70. The zero-order chi connectivity index (χ0) is 13.1. The summed E-state index contributed by atoms with van der Waals surface area (Å²) in [4.78, 5) is 16.6. The molecule has 1 amide bonds. The molecular formula is C15H23Cl2N3O. The smallest absolute Gasteiger partial charge is 0.237 e. The highest BCUT2D eigenvalue weighted by Gasteiger charge is 2.22. The summed E-state index contributed by atoms with van der Waals surface area (Å²) in [6.45, 7) is 6.17. The van der Waals surface area contributed by atoms with Gasteiger partial charge in [-0.15, -0.1) is 24.8 Å². The van der Waals surface area contributed by atoms with Crippen molar-refractivity contribution < 1.29 is 4.79 Å². The van der Waals surface area contributed by atoms with Crippen LogP contribution in [0.2, 0.25) is 0 Å². The number of hydrogen-bond acceptors (Lipinski definition) is 3. The minimum atomic E-state index is 0. The Morgan fingerprint density at radius 2 is 1.71 bits per heavy atom. The van der Waals surface area contributed by atoms with E-state index in [2.05, 4.69) is 34.5 Å². The largest absolute Gasteiger partial charge is 0.337 e. The quantitative estimate of drug-likeness (QED) is 0.887. The van der Waals surface area contributed by atoms with E-state index in [1.807, 2.05) is 4.90 Å². The highest BCUT2D eigenvalue weighted by Crippen LogP contribution is 2.18. The number of amides is 1. The number of fused-ring (bicyclic) bond motifs is 1. The van der Waals surface area contributed by atoms with Crippen molar-refractivity contribution in [1.29, 1.82) is 0 Å². The highest BCUT2D eigenvalue weighted by molar-refractivity contribution is 5.85. The van der Waals surface area contributed by atoms with Crippen LogP contribution in [-0.4, -0.2) is 55.0 Å². The van der Waals surface area contributed by atoms with Crippen molar-refractivity contribution in [2.75, 3.05) is 39.3 Å². The van der Waals surface area contributed by atoms with E-state index in [9.17, 15) is 4.79 Å². The summed E-state index contributed by atoms with van der Waals surface area (Å²) >= 11 is 0. The molecule has 0 bridgehead atoms. The molecule has 0 atom stereocenters. The van der Waals surface area contributed by atoms with Crippen LogP contribution in [0.5, 0.6) is 0 Å². The van der Waals surface area contributed by atoms with Gasteiger partial charge in [0.25, 0.3) is 0 Å². The standard InChI is InChI=1S/C15H21N3O.2ClH/c19-15(12-17-9-6-16-7-10-17)18-8-5-13-3-1-2-4-14(13)11-18;;/h1-4,16H,5-12H2;2*1H. The molecule has 1 saturated heterocycles. The Bertz CT molecular complexity index is 464. The van der Waals surface area contributed by atoms with Crippen molar-refractivity contribution in [2.45, 2.75) is 13.0 Å². The second kappa shape index (κ2) is 8.59. The molecule has 2 aliphatic heterocycles. The van der Waals surface area contributed by atoms with E-state index in [4.69, 9.17) is 0 Å². The molecule has 1 fully saturated rings. The second-order valence-corrected chi connectivity index (χ2v) is 5.36. The van der Waals surface area contributed by atoms with Gasteiger partial charge in [-0.25, -0.2) is 0 Å². The summed E-state index contributed by atoms with van der Waals surface area (Å²) < 4.78 is 0. The number of rotatable bonds is 2. The third-order valence-corrected chi connectivity index (χ3v) is 4.05. The summed E-state index contributed by atoms with van der Waals surface area (Å²) in [5, 5.41) is 3.31. The first-order chi connectivity index (χ1) is 9.33. The van der Waals surface area contributed by atoms with Crippen LogP contribution in [0.4, 0.5) is 0 Å². The van der Waals surface area contributed by atoms with Gasteiger partial charge in [-0.3, -0.25) is 9.69 Å². The van der Waals surface area contributed by atoms with Crippen LogP contribution in [0.3, 0.4) is 0 Å². The third kappa shape index (κ3) is 4.58. The minimum absolute atomic E-state index is 0. The van der Waals surface area contributed by atoms with E-state index in [0.717, 1.165) is 45.7 Å². The Labute approximate surface area is 138 Å². The van der Waals surface area contributed by atoms with Crippen LogP contribution in [0.1, 0.15) is 11.1 Å². The van der Waals surface area contributed by atoms with Gasteiger partial charge in [-0.05, 0) is 17.5 Å². The van der Waals surface area contributed by atoms with Gasteiger partial charge < -0.3 is 10.2 Å². The number of hydrogen-bond donors (Lipinski definition) is 1. The lowest BCUT2D eigenvalue weighted by Crippen LogP contribution is -2.49. The number of halogens is 2. The SMILES string of the molecule is Cl.Cl.O=C(CN1CCNCC1)N1CCc2ccccc2C1. The molecule has 1 N–H and O–H groups in total. The molecule has 0 spiro atoms. The average Bonchev–Trinajstić information content (AvgIpc) is 2.48. The van der Waals surface area contributed by atoms with E-state index in [1.54, 1.807) is 0 Å². The van der Waals surface area contributed by atoms with Gasteiger partial charge in [0.1, 0.15) is 0 Å². The molecule has 0 unspecified atom stereocenters. The van der Waals surface area contributed by atoms with Crippen molar-refractivity contribution in [1.82, 2.24) is 15.1 Å². The highest BCUT2D eigenvalue weighted by atomic mass is 35.5. The molecule has 1 aromatic carbocycles. The predicted octanol–water partition coefficient (Wildman–Crippen LogP) is 1.32. The first kappa shape index (κ1) is 18.2. The second-order valence-electron chi connectivity index (χ2n) is 5.36. The molecule has 0 aliphatic carbocycles. The molecular weight excluding hydrogens is 309 g/mol. The molecule has 0 radical (unpaired) electrons. The molecule has 118 valence electrons. The molecule has 6 heteroatoms. The Kier molecular flexibility index (Phi) is 7.46. The first-order valence-electron chi connectivity index (χ1n) is 7.10. The monoisotopic (exact) mass is 331 g/mol. The zero-order valence-corrected chi connectivity index (χ0v) is 13.7. The van der Waals surface area contributed by atoms with E-state index < -0.39 is 0 Å². The fourth-order valence-corrected chi connectivity index (χ4v) is 2.87. The van der Waals surface area contributed by atoms with Crippen LogP contribution in [0.25, 0.3) is 0 Å². The predicted molar refractivity (Wildman–Crippen MR) is 89.4 cm³/mol. The van der Waals surface area contributed by atoms with Crippen molar-refractivity contribution >= 4 is 30.7 Å². The number of piperazine rings is 1. The van der Waals surface area contributed by atoms with Crippen LogP contribution in [-0.2, 0) is 17.8 Å². The van der Waals surface area contributed by atoms with Gasteiger partial charge in [0.05, 0.1) is 6.54 Å². The zero-order valence-electron chi connectivity index (χ0n) is 12.1. The van der Waals surface area contributed by atoms with Crippen LogP contribution >= 0.6 is 24.8 Å². The summed E-state index contributed by atoms with van der Waals surface area (Å²) in [6.07, 6.45) is 0.990. The van der Waals surface area contributed by atoms with Gasteiger partial charge in [0.15, 0.2) is 0 Å². The number of nitrogens with zero attached hydrogens (tertiary/aromatic N) is 2. The van der Waals surface area contributed by atoms with E-state index in [-0.39, 0.29) is 30.7 Å². The Balaban J connectivity index is 0.00000110. The van der Waals surface area contributed by atoms with Crippen molar-refractivity contribution in [3.05, 3.63) is 35.4 Å². The lowest BCUT2D eigenvalue weighted by Gasteiger charge is -2.32. The molecule has 0 aromatic heterocycles. The topological polar surface area (TPSA) is 35.6 Å². The normalized spacial score (nSPS) is 18.2. The van der Waals surface area contributed by atoms with Crippen LogP contribution in [0.15, 0.2) is 24.3 Å². The van der Waals surface area contributed by atoms with Crippen molar-refractivity contribution in [3.63, 3.8) is 0 Å². The number of nitrogens with one attached hydrogen (secondary N) is 1. The number of benzene rings is 1. The summed E-state index contributed by atoms with van der Waals surface area (Å²) in [7, 11) is 0.